The molecule has 6 heteroatoms. The van der Waals surface area contributed by atoms with E-state index in [1.54, 1.807) is 18.3 Å². The minimum atomic E-state index is -0.314. The van der Waals surface area contributed by atoms with E-state index in [4.69, 9.17) is 4.74 Å². The maximum atomic E-state index is 11.8. The van der Waals surface area contributed by atoms with Crippen molar-refractivity contribution in [2.75, 3.05) is 11.9 Å². The van der Waals surface area contributed by atoms with Crippen molar-refractivity contribution in [3.8, 4) is 5.75 Å². The molecule has 142 valence electrons. The number of hydrazone groups is 1. The Morgan fingerprint density at radius 2 is 1.67 bits per heavy atom. The van der Waals surface area contributed by atoms with Gasteiger partial charge in [0.05, 0.1) is 12.8 Å². The van der Waals surface area contributed by atoms with Gasteiger partial charge in [0.25, 0.3) is 0 Å². The monoisotopic (exact) mass is 367 g/mol. The highest BCUT2D eigenvalue weighted by atomic mass is 16.5. The summed E-state index contributed by atoms with van der Waals surface area (Å²) in [4.78, 5) is 23.6. The molecule has 0 aliphatic rings. The largest absolute Gasteiger partial charge is 0.493 e. The minimum Gasteiger partial charge on any atom is -0.493 e. The first-order chi connectivity index (χ1) is 13.0. The summed E-state index contributed by atoms with van der Waals surface area (Å²) >= 11 is 0. The van der Waals surface area contributed by atoms with Crippen LogP contribution in [-0.4, -0.2) is 24.6 Å². The molecule has 0 bridgehead atoms. The Bertz CT molecular complexity index is 756. The van der Waals surface area contributed by atoms with Crippen LogP contribution >= 0.6 is 0 Å². The van der Waals surface area contributed by atoms with Crippen LogP contribution < -0.4 is 15.5 Å². The maximum absolute atomic E-state index is 11.8. The van der Waals surface area contributed by atoms with Crippen molar-refractivity contribution < 1.29 is 14.3 Å². The molecule has 0 heterocycles. The van der Waals surface area contributed by atoms with Gasteiger partial charge >= 0.3 is 0 Å². The number of rotatable bonds is 9. The molecule has 2 aromatic rings. The van der Waals surface area contributed by atoms with Crippen molar-refractivity contribution >= 4 is 23.7 Å². The smallest absolute Gasteiger partial charge is 0.240 e. The summed E-state index contributed by atoms with van der Waals surface area (Å²) in [7, 11) is 0. The number of nitrogens with zero attached hydrogens (tertiary/aromatic N) is 1. The second kappa shape index (κ2) is 10.8. The number of hydrogen-bond acceptors (Lipinski definition) is 4. The van der Waals surface area contributed by atoms with Gasteiger partial charge in [-0.2, -0.15) is 5.10 Å². The topological polar surface area (TPSA) is 79.8 Å². The van der Waals surface area contributed by atoms with Gasteiger partial charge < -0.3 is 10.1 Å². The highest BCUT2D eigenvalue weighted by Gasteiger charge is 2.06. The van der Waals surface area contributed by atoms with Gasteiger partial charge in [-0.25, -0.2) is 5.43 Å². The number of para-hydroxylation sites is 1. The fourth-order valence-electron chi connectivity index (χ4n) is 2.12. The quantitative estimate of drug-likeness (QED) is 0.525. The van der Waals surface area contributed by atoms with E-state index in [1.807, 2.05) is 42.5 Å². The van der Waals surface area contributed by atoms with E-state index in [1.165, 1.54) is 0 Å². The van der Waals surface area contributed by atoms with E-state index in [2.05, 4.69) is 29.7 Å². The van der Waals surface area contributed by atoms with Crippen molar-refractivity contribution in [2.45, 2.75) is 26.7 Å². The lowest BCUT2D eigenvalue weighted by atomic mass is 10.2. The Balaban J connectivity index is 1.69. The molecular formula is C21H25N3O3. The van der Waals surface area contributed by atoms with E-state index in [-0.39, 0.29) is 24.7 Å². The van der Waals surface area contributed by atoms with Gasteiger partial charge in [-0.1, -0.05) is 32.0 Å². The van der Waals surface area contributed by atoms with Crippen molar-refractivity contribution in [2.24, 2.45) is 11.0 Å². The Morgan fingerprint density at radius 3 is 2.33 bits per heavy atom. The predicted octanol–water partition coefficient (Wildman–Crippen LogP) is 3.59. The number of nitrogens with one attached hydrogen (secondary N) is 2. The number of carbonyl (C=O) groups excluding carboxylic acids is 2. The summed E-state index contributed by atoms with van der Waals surface area (Å²) < 4.78 is 5.61. The Hall–Kier alpha value is -3.15. The molecule has 6 nitrogen and oxygen atoms in total. The van der Waals surface area contributed by atoms with Gasteiger partial charge in [0.1, 0.15) is 5.75 Å². The lowest BCUT2D eigenvalue weighted by Crippen LogP contribution is -2.20. The van der Waals surface area contributed by atoms with Crippen LogP contribution in [0.4, 0.5) is 5.69 Å². The molecular weight excluding hydrogens is 342 g/mol. The molecule has 0 aliphatic heterocycles. The number of benzene rings is 2. The fourth-order valence-corrected chi connectivity index (χ4v) is 2.12. The SMILES string of the molecule is CC(C)COc1ccc(C=NNC(=O)CCC(=O)Nc2ccccc2)cc1. The number of hydrogen-bond donors (Lipinski definition) is 2. The normalized spacial score (nSPS) is 10.8. The van der Waals surface area contributed by atoms with Crippen molar-refractivity contribution in [1.29, 1.82) is 0 Å². The maximum Gasteiger partial charge on any atom is 0.240 e. The lowest BCUT2D eigenvalue weighted by Gasteiger charge is -2.08. The summed E-state index contributed by atoms with van der Waals surface area (Å²) in [5.41, 5.74) is 3.98. The van der Waals surface area contributed by atoms with Crippen LogP contribution in [0.2, 0.25) is 0 Å². The first-order valence-corrected chi connectivity index (χ1v) is 8.92. The van der Waals surface area contributed by atoms with E-state index >= 15 is 0 Å². The first kappa shape index (κ1) is 20.2. The molecule has 2 aromatic carbocycles. The zero-order valence-electron chi connectivity index (χ0n) is 15.6. The van der Waals surface area contributed by atoms with Gasteiger partial charge in [-0.05, 0) is 47.9 Å². The molecule has 0 fully saturated rings. The van der Waals surface area contributed by atoms with Gasteiger partial charge in [0.15, 0.2) is 0 Å². The van der Waals surface area contributed by atoms with Crippen molar-refractivity contribution in [3.63, 3.8) is 0 Å². The van der Waals surface area contributed by atoms with Gasteiger partial charge in [0.2, 0.25) is 11.8 Å². The van der Waals surface area contributed by atoms with Crippen LogP contribution in [0.3, 0.4) is 0 Å². The van der Waals surface area contributed by atoms with Crippen LogP contribution in [0.25, 0.3) is 0 Å². The molecule has 2 N–H and O–H groups in total. The average Bonchev–Trinajstić information content (AvgIpc) is 2.66. The molecule has 0 radical (unpaired) electrons. The standard InChI is InChI=1S/C21H25N3O3/c1-16(2)15-27-19-10-8-17(9-11-19)14-22-24-21(26)13-12-20(25)23-18-6-4-3-5-7-18/h3-11,14,16H,12-13,15H2,1-2H3,(H,23,25)(H,24,26). The fraction of sp³-hybridized carbons (Fsp3) is 0.286. The van der Waals surface area contributed by atoms with Crippen LogP contribution in [0, 0.1) is 5.92 Å². The van der Waals surface area contributed by atoms with Gasteiger partial charge in [0, 0.05) is 18.5 Å². The molecule has 0 spiro atoms. The van der Waals surface area contributed by atoms with Crippen molar-refractivity contribution in [3.05, 3.63) is 60.2 Å². The number of carbonyl (C=O) groups is 2. The second-order valence-corrected chi connectivity index (χ2v) is 6.48. The molecule has 0 unspecified atom stereocenters. The zero-order chi connectivity index (χ0) is 19.5. The zero-order valence-corrected chi connectivity index (χ0v) is 15.6. The first-order valence-electron chi connectivity index (χ1n) is 8.92. The number of anilines is 1. The molecule has 2 amide bonds. The Kier molecular flexibility index (Phi) is 8.03. The van der Waals surface area contributed by atoms with Crippen LogP contribution in [0.5, 0.6) is 5.75 Å². The molecule has 0 atom stereocenters. The molecule has 0 aliphatic carbocycles. The molecule has 2 rings (SSSR count). The lowest BCUT2D eigenvalue weighted by molar-refractivity contribution is -0.124. The third-order valence-electron chi connectivity index (χ3n) is 3.50. The third-order valence-corrected chi connectivity index (χ3v) is 3.50. The molecule has 27 heavy (non-hydrogen) atoms. The highest BCUT2D eigenvalue weighted by molar-refractivity contribution is 5.93. The van der Waals surface area contributed by atoms with E-state index in [0.29, 0.717) is 18.2 Å². The van der Waals surface area contributed by atoms with Crippen LogP contribution in [0.1, 0.15) is 32.3 Å². The minimum absolute atomic E-state index is 0.0674. The molecule has 0 aromatic heterocycles. The van der Waals surface area contributed by atoms with Gasteiger partial charge in [-0.3, -0.25) is 9.59 Å². The van der Waals surface area contributed by atoms with Crippen LogP contribution in [0.15, 0.2) is 59.7 Å². The van der Waals surface area contributed by atoms with E-state index in [9.17, 15) is 9.59 Å². The highest BCUT2D eigenvalue weighted by Crippen LogP contribution is 2.12. The predicted molar refractivity (Wildman–Crippen MR) is 107 cm³/mol. The summed E-state index contributed by atoms with van der Waals surface area (Å²) in [6.45, 7) is 4.85. The molecule has 0 saturated heterocycles. The summed E-state index contributed by atoms with van der Waals surface area (Å²) in [6.07, 6.45) is 1.71. The number of ether oxygens (including phenoxy) is 1. The summed E-state index contributed by atoms with van der Waals surface area (Å²) in [6, 6.07) is 16.6. The Labute approximate surface area is 159 Å². The molecule has 0 saturated carbocycles. The number of amides is 2. The third kappa shape index (κ3) is 8.18. The second-order valence-electron chi connectivity index (χ2n) is 6.48. The average molecular weight is 367 g/mol. The summed E-state index contributed by atoms with van der Waals surface area (Å²) in [5.74, 6) is 0.745. The Morgan fingerprint density at radius 1 is 1.00 bits per heavy atom. The van der Waals surface area contributed by atoms with Gasteiger partial charge in [-0.15, -0.1) is 0 Å². The van der Waals surface area contributed by atoms with E-state index in [0.717, 1.165) is 11.3 Å². The van der Waals surface area contributed by atoms with E-state index < -0.39 is 0 Å². The van der Waals surface area contributed by atoms with Crippen molar-refractivity contribution in [1.82, 2.24) is 5.43 Å². The van der Waals surface area contributed by atoms with Crippen LogP contribution in [-0.2, 0) is 9.59 Å². The summed E-state index contributed by atoms with van der Waals surface area (Å²) in [5, 5.41) is 6.64.